The highest BCUT2D eigenvalue weighted by molar-refractivity contribution is 5.97. The molecule has 0 aromatic carbocycles. The number of epoxide rings is 1. The number of Topliss-reactive ketones (excluding diaryl/α,β-unsaturated/α-hetero) is 2. The molecule has 4 atom stereocenters. The van der Waals surface area contributed by atoms with Crippen molar-refractivity contribution in [3.63, 3.8) is 0 Å². The molecule has 1 heterocycles. The van der Waals surface area contributed by atoms with Crippen LogP contribution in [0.3, 0.4) is 0 Å². The van der Waals surface area contributed by atoms with E-state index in [0.717, 1.165) is 0 Å². The Morgan fingerprint density at radius 2 is 1.88 bits per heavy atom. The number of ether oxygens (including phenoxy) is 1. The minimum atomic E-state index is -1.24. The Morgan fingerprint density at radius 1 is 1.25 bits per heavy atom. The van der Waals surface area contributed by atoms with Crippen molar-refractivity contribution < 1.29 is 29.3 Å². The molecule has 7 heteroatoms. The zero-order chi connectivity index (χ0) is 18.5. The molecule has 7 nitrogen and oxygen atoms in total. The Labute approximate surface area is 142 Å². The van der Waals surface area contributed by atoms with Gasteiger partial charge in [-0.25, -0.2) is 0 Å². The summed E-state index contributed by atoms with van der Waals surface area (Å²) >= 11 is 0. The van der Waals surface area contributed by atoms with Gasteiger partial charge in [0, 0.05) is 18.9 Å². The second-order valence-electron chi connectivity index (χ2n) is 7.28. The SMILES string of the molecule is CC(=O)[C@H]1O[C@@H]1C(=O)C[C@@H](CC(C)C)C(=O)NCCC(C)(O)CO. The summed E-state index contributed by atoms with van der Waals surface area (Å²) in [6.07, 6.45) is -0.560. The highest BCUT2D eigenvalue weighted by atomic mass is 16.6. The molecule has 0 aliphatic carbocycles. The second-order valence-corrected chi connectivity index (χ2v) is 7.28. The van der Waals surface area contributed by atoms with Gasteiger partial charge in [0.2, 0.25) is 5.91 Å². The lowest BCUT2D eigenvalue weighted by Crippen LogP contribution is -2.38. The van der Waals surface area contributed by atoms with Crippen LogP contribution in [0.5, 0.6) is 0 Å². The summed E-state index contributed by atoms with van der Waals surface area (Å²) in [6.45, 7) is 6.62. The quantitative estimate of drug-likeness (QED) is 0.462. The lowest BCUT2D eigenvalue weighted by atomic mass is 9.90. The van der Waals surface area contributed by atoms with Crippen molar-refractivity contribution in [3.8, 4) is 0 Å². The van der Waals surface area contributed by atoms with Gasteiger partial charge >= 0.3 is 0 Å². The first kappa shape index (κ1) is 20.7. The predicted molar refractivity (Wildman–Crippen MR) is 87.2 cm³/mol. The molecule has 0 aromatic rings. The van der Waals surface area contributed by atoms with Crippen LogP contribution in [0, 0.1) is 11.8 Å². The van der Waals surface area contributed by atoms with Gasteiger partial charge in [0.15, 0.2) is 11.6 Å². The second kappa shape index (κ2) is 8.69. The first-order chi connectivity index (χ1) is 11.1. The third kappa shape index (κ3) is 6.67. The molecule has 138 valence electrons. The van der Waals surface area contributed by atoms with Gasteiger partial charge in [-0.2, -0.15) is 0 Å². The number of carbonyl (C=O) groups excluding carboxylic acids is 3. The van der Waals surface area contributed by atoms with E-state index in [0.29, 0.717) is 6.42 Å². The summed E-state index contributed by atoms with van der Waals surface area (Å²) in [5.41, 5.74) is -1.24. The molecule has 0 bridgehead atoms. The van der Waals surface area contributed by atoms with Crippen molar-refractivity contribution >= 4 is 17.5 Å². The molecule has 0 spiro atoms. The van der Waals surface area contributed by atoms with Gasteiger partial charge in [0.05, 0.1) is 12.2 Å². The average molecular weight is 343 g/mol. The summed E-state index contributed by atoms with van der Waals surface area (Å²) in [4.78, 5) is 35.7. The lowest BCUT2D eigenvalue weighted by Gasteiger charge is -2.22. The van der Waals surface area contributed by atoms with E-state index in [1.54, 1.807) is 0 Å². The Bertz CT molecular complexity index is 474. The Hall–Kier alpha value is -1.31. The fraction of sp³-hybridized carbons (Fsp3) is 0.824. The third-order valence-electron chi connectivity index (χ3n) is 4.09. The zero-order valence-corrected chi connectivity index (χ0v) is 14.9. The first-order valence-electron chi connectivity index (χ1n) is 8.37. The van der Waals surface area contributed by atoms with Crippen LogP contribution in [-0.2, 0) is 19.1 Å². The molecule has 24 heavy (non-hydrogen) atoms. The lowest BCUT2D eigenvalue weighted by molar-refractivity contribution is -0.130. The summed E-state index contributed by atoms with van der Waals surface area (Å²) in [5.74, 6) is -0.917. The van der Waals surface area contributed by atoms with Gasteiger partial charge in [-0.15, -0.1) is 0 Å². The van der Waals surface area contributed by atoms with Crippen LogP contribution >= 0.6 is 0 Å². The highest BCUT2D eigenvalue weighted by Crippen LogP contribution is 2.28. The summed E-state index contributed by atoms with van der Waals surface area (Å²) in [7, 11) is 0. The smallest absolute Gasteiger partial charge is 0.223 e. The van der Waals surface area contributed by atoms with Gasteiger partial charge in [0.25, 0.3) is 0 Å². The fourth-order valence-electron chi connectivity index (χ4n) is 2.56. The number of hydrogen-bond donors (Lipinski definition) is 3. The van der Waals surface area contributed by atoms with Crippen molar-refractivity contribution in [3.05, 3.63) is 0 Å². The van der Waals surface area contributed by atoms with E-state index < -0.39 is 23.7 Å². The third-order valence-corrected chi connectivity index (χ3v) is 4.09. The Kier molecular flexibility index (Phi) is 7.51. The molecule has 3 N–H and O–H groups in total. The van der Waals surface area contributed by atoms with Crippen molar-refractivity contribution in [2.24, 2.45) is 11.8 Å². The highest BCUT2D eigenvalue weighted by Gasteiger charge is 2.48. The standard InChI is InChI=1S/C17H29NO6/c1-10(2)7-12(8-13(21)15-14(24-15)11(3)20)16(22)18-6-5-17(4,23)9-19/h10,12,14-15,19,23H,5-9H2,1-4H3,(H,18,22)/t12-,14-,15-,17?/m1/s1. The molecular weight excluding hydrogens is 314 g/mol. The van der Waals surface area contributed by atoms with Crippen LogP contribution < -0.4 is 5.32 Å². The molecular formula is C17H29NO6. The van der Waals surface area contributed by atoms with Crippen LogP contribution in [0.2, 0.25) is 0 Å². The van der Waals surface area contributed by atoms with Crippen LogP contribution in [-0.4, -0.2) is 58.6 Å². The van der Waals surface area contributed by atoms with E-state index in [4.69, 9.17) is 9.84 Å². The van der Waals surface area contributed by atoms with Crippen molar-refractivity contribution in [2.45, 2.75) is 64.8 Å². The van der Waals surface area contributed by atoms with Gasteiger partial charge in [-0.05, 0) is 32.6 Å². The average Bonchev–Trinajstić information content (AvgIpc) is 3.26. The normalized spacial score (nSPS) is 23.5. The van der Waals surface area contributed by atoms with Gasteiger partial charge in [-0.3, -0.25) is 14.4 Å². The van der Waals surface area contributed by atoms with E-state index in [1.807, 2.05) is 13.8 Å². The van der Waals surface area contributed by atoms with Crippen LogP contribution in [0.25, 0.3) is 0 Å². The Balaban J connectivity index is 2.53. The monoisotopic (exact) mass is 343 g/mol. The molecule has 0 saturated carbocycles. The van der Waals surface area contributed by atoms with Crippen molar-refractivity contribution in [1.82, 2.24) is 5.32 Å². The maximum atomic E-state index is 12.3. The molecule has 0 radical (unpaired) electrons. The molecule has 1 saturated heterocycles. The number of aliphatic hydroxyl groups is 2. The van der Waals surface area contributed by atoms with Gasteiger partial charge in [-0.1, -0.05) is 13.8 Å². The van der Waals surface area contributed by atoms with Crippen LogP contribution in [0.15, 0.2) is 0 Å². The number of ketones is 2. The summed E-state index contributed by atoms with van der Waals surface area (Å²) in [5, 5.41) is 21.4. The van der Waals surface area contributed by atoms with Crippen molar-refractivity contribution in [2.75, 3.05) is 13.2 Å². The van der Waals surface area contributed by atoms with Crippen molar-refractivity contribution in [1.29, 1.82) is 0 Å². The van der Waals surface area contributed by atoms with E-state index in [2.05, 4.69) is 5.32 Å². The fourth-order valence-corrected chi connectivity index (χ4v) is 2.56. The van der Waals surface area contributed by atoms with E-state index in [1.165, 1.54) is 13.8 Å². The molecule has 1 fully saturated rings. The predicted octanol–water partition coefficient (Wildman–Crippen LogP) is 0.214. The topological polar surface area (TPSA) is 116 Å². The number of aliphatic hydroxyl groups excluding tert-OH is 1. The van der Waals surface area contributed by atoms with Crippen LogP contribution in [0.4, 0.5) is 0 Å². The minimum Gasteiger partial charge on any atom is -0.393 e. The number of carbonyl (C=O) groups is 3. The molecule has 1 rings (SSSR count). The van der Waals surface area contributed by atoms with Crippen LogP contribution in [0.1, 0.15) is 47.0 Å². The van der Waals surface area contributed by atoms with E-state index in [9.17, 15) is 19.5 Å². The van der Waals surface area contributed by atoms with Gasteiger partial charge < -0.3 is 20.3 Å². The van der Waals surface area contributed by atoms with E-state index in [-0.39, 0.29) is 49.4 Å². The number of rotatable bonds is 11. The number of hydrogen-bond acceptors (Lipinski definition) is 6. The zero-order valence-electron chi connectivity index (χ0n) is 14.9. The molecule has 1 amide bonds. The molecule has 0 aromatic heterocycles. The number of amides is 1. The largest absolute Gasteiger partial charge is 0.393 e. The maximum absolute atomic E-state index is 12.3. The number of nitrogens with one attached hydrogen (secondary N) is 1. The molecule has 1 aliphatic rings. The maximum Gasteiger partial charge on any atom is 0.223 e. The summed E-state index contributed by atoms with van der Waals surface area (Å²) in [6, 6.07) is 0. The van der Waals surface area contributed by atoms with Gasteiger partial charge in [0.1, 0.15) is 12.2 Å². The van der Waals surface area contributed by atoms with E-state index >= 15 is 0 Å². The molecule has 1 unspecified atom stereocenters. The first-order valence-corrected chi connectivity index (χ1v) is 8.37. The summed E-state index contributed by atoms with van der Waals surface area (Å²) < 4.78 is 5.07. The molecule has 1 aliphatic heterocycles. The minimum absolute atomic E-state index is 0.0366. The Morgan fingerprint density at radius 3 is 2.33 bits per heavy atom.